The van der Waals surface area contributed by atoms with Crippen LogP contribution in [0.15, 0.2) is 64.6 Å². The Labute approximate surface area is 236 Å². The van der Waals surface area contributed by atoms with Crippen LogP contribution in [0.2, 0.25) is 0 Å². The monoisotopic (exact) mass is 573 g/mol. The Morgan fingerprint density at radius 1 is 0.811 bits per heavy atom. The van der Waals surface area contributed by atoms with Crippen molar-refractivity contribution in [3.63, 3.8) is 0 Å². The third kappa shape index (κ3) is 8.42. The van der Waals surface area contributed by atoms with E-state index in [-0.39, 0.29) is 23.6 Å². The molecule has 5 nitrogen and oxygen atoms in total. The van der Waals surface area contributed by atoms with Gasteiger partial charge in [-0.25, -0.2) is 0 Å². The van der Waals surface area contributed by atoms with Crippen LogP contribution < -0.4 is 0 Å². The maximum atomic E-state index is 10.5. The zero-order valence-electron chi connectivity index (χ0n) is 21.6. The molecule has 2 atom stereocenters. The van der Waals surface area contributed by atoms with E-state index in [4.69, 9.17) is 28.6 Å². The molecule has 0 radical (unpaired) electrons. The molecular formula is C29H33Cl2N3O2Ti. The van der Waals surface area contributed by atoms with Gasteiger partial charge in [0.25, 0.3) is 0 Å². The molecule has 0 aromatic heterocycles. The number of likely N-dealkylation sites (tertiary alicyclic amines) is 1. The van der Waals surface area contributed by atoms with Gasteiger partial charge in [-0.2, -0.15) is 0 Å². The van der Waals surface area contributed by atoms with Crippen molar-refractivity contribution in [2.45, 2.75) is 46.3 Å². The number of aromatic hydroxyl groups is 2. The summed E-state index contributed by atoms with van der Waals surface area (Å²) in [5.74, 6) is 0.544. The number of hydrogen-bond acceptors (Lipinski definition) is 5. The van der Waals surface area contributed by atoms with Crippen molar-refractivity contribution in [2.24, 2.45) is 9.98 Å². The van der Waals surface area contributed by atoms with E-state index in [1.165, 1.54) is 5.56 Å². The molecule has 0 unspecified atom stereocenters. The van der Waals surface area contributed by atoms with Crippen LogP contribution in [0.1, 0.15) is 38.9 Å². The van der Waals surface area contributed by atoms with Crippen molar-refractivity contribution in [3.05, 3.63) is 93.5 Å². The van der Waals surface area contributed by atoms with Crippen molar-refractivity contribution in [1.82, 2.24) is 4.90 Å². The first kappa shape index (κ1) is 29.4. The van der Waals surface area contributed by atoms with Crippen LogP contribution in [0.25, 0.3) is 0 Å². The Balaban J connectivity index is 0.00000121. The summed E-state index contributed by atoms with van der Waals surface area (Å²) >= 11 is -0.556. The SMILES string of the molecule is Cc1cc(C)c(O)c(C=N[C@@H]2CN(Cc3ccccc3)C[C@H]2N=Cc2cc(C)cc(C)c2O)c1.[Cl][Ti][Cl]. The predicted octanol–water partition coefficient (Wildman–Crippen LogP) is 6.50. The van der Waals surface area contributed by atoms with Crippen LogP contribution in [-0.4, -0.2) is 52.7 Å². The van der Waals surface area contributed by atoms with Gasteiger partial charge in [0.1, 0.15) is 11.5 Å². The third-order valence-corrected chi connectivity index (χ3v) is 6.34. The molecule has 0 spiro atoms. The Kier molecular flexibility index (Phi) is 11.2. The molecule has 0 saturated carbocycles. The summed E-state index contributed by atoms with van der Waals surface area (Å²) in [6.45, 7) is 10.2. The standard InChI is InChI=1S/C29H33N3O2.2ClH.Ti/c1-19-10-21(3)28(33)24(12-19)14-30-26-17-32(16-23-8-6-5-7-9-23)18-27(26)31-15-25-13-20(2)11-22(4)29(25)34;;;/h5-15,26-27,33-34H,16-18H2,1-4H3;2*1H;/q;;;+2/p-2/t26-,27-;;;/m1.../s1. The Morgan fingerprint density at radius 3 is 1.68 bits per heavy atom. The summed E-state index contributed by atoms with van der Waals surface area (Å²) in [5, 5.41) is 21.0. The summed E-state index contributed by atoms with van der Waals surface area (Å²) in [6, 6.07) is 18.2. The van der Waals surface area contributed by atoms with E-state index in [9.17, 15) is 10.2 Å². The number of rotatable bonds is 6. The molecule has 194 valence electrons. The zero-order valence-corrected chi connectivity index (χ0v) is 24.7. The second-order valence-electron chi connectivity index (χ2n) is 9.48. The first-order valence-electron chi connectivity index (χ1n) is 12.1. The van der Waals surface area contributed by atoms with Crippen molar-refractivity contribution >= 4 is 31.0 Å². The summed E-state index contributed by atoms with van der Waals surface area (Å²) in [7, 11) is 9.78. The van der Waals surface area contributed by atoms with E-state index in [0.29, 0.717) is 0 Å². The topological polar surface area (TPSA) is 68.4 Å². The van der Waals surface area contributed by atoms with Crippen molar-refractivity contribution in [3.8, 4) is 11.5 Å². The van der Waals surface area contributed by atoms with E-state index in [1.54, 1.807) is 12.4 Å². The van der Waals surface area contributed by atoms with Gasteiger partial charge in [-0.1, -0.05) is 42.5 Å². The van der Waals surface area contributed by atoms with Gasteiger partial charge in [-0.15, -0.1) is 0 Å². The molecule has 8 heteroatoms. The van der Waals surface area contributed by atoms with Crippen molar-refractivity contribution in [1.29, 1.82) is 0 Å². The predicted molar refractivity (Wildman–Crippen MR) is 151 cm³/mol. The molecule has 0 amide bonds. The third-order valence-electron chi connectivity index (χ3n) is 6.34. The molecule has 1 fully saturated rings. The number of nitrogens with zero attached hydrogens (tertiary/aromatic N) is 3. The van der Waals surface area contributed by atoms with E-state index in [2.05, 4.69) is 29.2 Å². The van der Waals surface area contributed by atoms with Crippen LogP contribution in [0.5, 0.6) is 11.5 Å². The quantitative estimate of drug-likeness (QED) is 0.261. The summed E-state index contributed by atoms with van der Waals surface area (Å²) < 4.78 is 0. The van der Waals surface area contributed by atoms with Gasteiger partial charge >= 0.3 is 35.6 Å². The Morgan fingerprint density at radius 2 is 1.24 bits per heavy atom. The van der Waals surface area contributed by atoms with Crippen LogP contribution in [-0.2, 0) is 23.6 Å². The van der Waals surface area contributed by atoms with Crippen LogP contribution >= 0.6 is 18.6 Å². The molecule has 1 aliphatic rings. The number of benzene rings is 3. The minimum absolute atomic E-state index is 0.0479. The van der Waals surface area contributed by atoms with E-state index >= 15 is 0 Å². The Hall–Kier alpha value is -2.15. The summed E-state index contributed by atoms with van der Waals surface area (Å²) in [5.41, 5.74) is 6.59. The van der Waals surface area contributed by atoms with Gasteiger partial charge in [-0.3, -0.25) is 14.9 Å². The van der Waals surface area contributed by atoms with Gasteiger partial charge < -0.3 is 10.2 Å². The summed E-state index contributed by atoms with van der Waals surface area (Å²) in [4.78, 5) is 12.1. The molecule has 4 rings (SSSR count). The molecule has 3 aromatic carbocycles. The second kappa shape index (κ2) is 14.1. The Bertz CT molecular complexity index is 1180. The van der Waals surface area contributed by atoms with E-state index in [0.717, 1.165) is 53.0 Å². The van der Waals surface area contributed by atoms with Gasteiger partial charge in [-0.05, 0) is 67.6 Å². The average molecular weight is 574 g/mol. The fourth-order valence-corrected chi connectivity index (χ4v) is 4.65. The minimum atomic E-state index is -0.556. The number of phenols is 2. The fraction of sp³-hybridized carbons (Fsp3) is 0.310. The molecule has 37 heavy (non-hydrogen) atoms. The van der Waals surface area contributed by atoms with Crippen LogP contribution in [0, 0.1) is 27.7 Å². The van der Waals surface area contributed by atoms with Gasteiger partial charge in [0.2, 0.25) is 0 Å². The fourth-order valence-electron chi connectivity index (χ4n) is 4.65. The molecule has 1 aliphatic heterocycles. The molecule has 0 bridgehead atoms. The zero-order chi connectivity index (χ0) is 26.9. The molecule has 3 aromatic rings. The van der Waals surface area contributed by atoms with Crippen LogP contribution in [0.4, 0.5) is 0 Å². The van der Waals surface area contributed by atoms with Gasteiger partial charge in [0.15, 0.2) is 0 Å². The number of phenolic OH excluding ortho intramolecular Hbond substituents is 2. The average Bonchev–Trinajstić information content (AvgIpc) is 3.24. The molecular weight excluding hydrogens is 541 g/mol. The van der Waals surface area contributed by atoms with Gasteiger partial charge in [0, 0.05) is 43.2 Å². The second-order valence-corrected chi connectivity index (χ2v) is 12.1. The number of halogens is 2. The van der Waals surface area contributed by atoms with E-state index in [1.807, 2.05) is 58.0 Å². The van der Waals surface area contributed by atoms with Crippen LogP contribution in [0.3, 0.4) is 0 Å². The maximum absolute atomic E-state index is 10.5. The van der Waals surface area contributed by atoms with Crippen molar-refractivity contribution < 1.29 is 27.2 Å². The number of aryl methyl sites for hydroxylation is 4. The first-order valence-corrected chi connectivity index (χ1v) is 16.4. The normalized spacial score (nSPS) is 17.8. The van der Waals surface area contributed by atoms with Crippen molar-refractivity contribution in [2.75, 3.05) is 13.1 Å². The van der Waals surface area contributed by atoms with Gasteiger partial charge in [0.05, 0.1) is 12.1 Å². The van der Waals surface area contributed by atoms with E-state index < -0.39 is 17.0 Å². The summed E-state index contributed by atoms with van der Waals surface area (Å²) in [6.07, 6.45) is 3.56. The number of hydrogen-bond donors (Lipinski definition) is 2. The first-order chi connectivity index (χ1) is 17.7. The number of aliphatic imine (C=N–C) groups is 2. The molecule has 1 heterocycles. The molecule has 2 N–H and O–H groups in total. The molecule has 0 aliphatic carbocycles. The molecule has 1 saturated heterocycles.